The summed E-state index contributed by atoms with van der Waals surface area (Å²) in [6.07, 6.45) is 4.56. The van der Waals surface area contributed by atoms with E-state index in [1.54, 1.807) is 12.4 Å². The number of amides is 2. The number of carbonyl (C=O) groups excluding carboxylic acids is 2. The van der Waals surface area contributed by atoms with Crippen molar-refractivity contribution in [1.29, 1.82) is 0 Å². The molecular formula is C28H33N5O3. The molecule has 1 aromatic heterocycles. The number of benzene rings is 2. The van der Waals surface area contributed by atoms with Crippen LogP contribution >= 0.6 is 0 Å². The Labute approximate surface area is 211 Å². The molecule has 188 valence electrons. The predicted molar refractivity (Wildman–Crippen MR) is 139 cm³/mol. The Morgan fingerprint density at radius 1 is 0.972 bits per heavy atom. The van der Waals surface area contributed by atoms with Crippen LogP contribution in [0.2, 0.25) is 0 Å². The largest absolute Gasteiger partial charge is 0.445 e. The van der Waals surface area contributed by atoms with Crippen LogP contribution in [0.4, 0.5) is 10.5 Å². The van der Waals surface area contributed by atoms with Crippen LogP contribution in [-0.2, 0) is 29.2 Å². The van der Waals surface area contributed by atoms with Crippen molar-refractivity contribution in [3.8, 4) is 0 Å². The van der Waals surface area contributed by atoms with Gasteiger partial charge in [-0.25, -0.2) is 4.79 Å². The summed E-state index contributed by atoms with van der Waals surface area (Å²) in [6, 6.07) is 20.2. The lowest BCUT2D eigenvalue weighted by Crippen LogP contribution is -2.51. The van der Waals surface area contributed by atoms with Crippen molar-refractivity contribution in [2.45, 2.75) is 38.6 Å². The summed E-state index contributed by atoms with van der Waals surface area (Å²) in [5.74, 6) is -0.269. The van der Waals surface area contributed by atoms with Crippen molar-refractivity contribution >= 4 is 17.7 Å². The highest BCUT2D eigenvalue weighted by Crippen LogP contribution is 2.24. The Bertz CT molecular complexity index is 1120. The number of ether oxygens (including phenoxy) is 1. The van der Waals surface area contributed by atoms with Crippen molar-refractivity contribution in [3.63, 3.8) is 0 Å². The van der Waals surface area contributed by atoms with Crippen molar-refractivity contribution in [2.24, 2.45) is 11.7 Å². The fourth-order valence-electron chi connectivity index (χ4n) is 4.48. The molecule has 36 heavy (non-hydrogen) atoms. The van der Waals surface area contributed by atoms with Crippen LogP contribution in [0.3, 0.4) is 0 Å². The molecule has 8 heteroatoms. The number of piperidine rings is 1. The topological polar surface area (TPSA) is 110 Å². The van der Waals surface area contributed by atoms with Gasteiger partial charge in [-0.1, -0.05) is 42.5 Å². The fourth-order valence-corrected chi connectivity index (χ4v) is 4.48. The zero-order valence-electron chi connectivity index (χ0n) is 20.3. The summed E-state index contributed by atoms with van der Waals surface area (Å²) in [4.78, 5) is 32.5. The molecule has 0 bridgehead atoms. The van der Waals surface area contributed by atoms with Gasteiger partial charge in [0.15, 0.2) is 0 Å². The lowest BCUT2D eigenvalue weighted by Gasteiger charge is -2.35. The number of nitrogens with zero attached hydrogens (tertiary/aromatic N) is 2. The number of nitrogens with two attached hydrogens (primary N) is 1. The maximum Gasteiger partial charge on any atom is 0.408 e. The summed E-state index contributed by atoms with van der Waals surface area (Å²) in [7, 11) is 0. The van der Waals surface area contributed by atoms with E-state index in [9.17, 15) is 9.59 Å². The summed E-state index contributed by atoms with van der Waals surface area (Å²) >= 11 is 0. The predicted octanol–water partition coefficient (Wildman–Crippen LogP) is 3.69. The van der Waals surface area contributed by atoms with Crippen LogP contribution in [0, 0.1) is 5.92 Å². The molecule has 2 heterocycles. The summed E-state index contributed by atoms with van der Waals surface area (Å²) in [5, 5.41) is 5.80. The Hall–Kier alpha value is -3.75. The second-order valence-electron chi connectivity index (χ2n) is 9.05. The van der Waals surface area contributed by atoms with Gasteiger partial charge >= 0.3 is 6.09 Å². The first-order valence-electron chi connectivity index (χ1n) is 12.3. The van der Waals surface area contributed by atoms with Gasteiger partial charge < -0.3 is 21.1 Å². The Morgan fingerprint density at radius 3 is 2.42 bits per heavy atom. The number of likely N-dealkylation sites (tertiary alicyclic amines) is 1. The molecule has 4 N–H and O–H groups in total. The van der Waals surface area contributed by atoms with E-state index >= 15 is 0 Å². The molecule has 0 saturated carbocycles. The van der Waals surface area contributed by atoms with E-state index in [0.717, 1.165) is 43.6 Å². The Balaban J connectivity index is 1.40. The molecule has 0 spiro atoms. The average Bonchev–Trinajstić information content (AvgIpc) is 2.92. The minimum absolute atomic E-state index is 0.0133. The van der Waals surface area contributed by atoms with Crippen LogP contribution < -0.4 is 16.4 Å². The maximum absolute atomic E-state index is 13.4. The standard InChI is InChI=1S/C28H33N5O3/c29-18-23-7-4-8-25(17-23)31-27(34)26(32-28(35)36-20-22-5-2-1-3-6-22)24-11-15-33(16-12-24)19-21-9-13-30-14-10-21/h1-10,13-14,17,24,26H,11-12,15-16,18-20,29H2,(H,31,34)(H,32,35)/t26-/m0/s1. The molecule has 2 aromatic carbocycles. The molecular weight excluding hydrogens is 454 g/mol. The molecule has 3 aromatic rings. The van der Waals surface area contributed by atoms with Gasteiger partial charge in [-0.2, -0.15) is 0 Å². The number of nitrogens with one attached hydrogen (secondary N) is 2. The third-order valence-corrected chi connectivity index (χ3v) is 6.46. The molecule has 2 amide bonds. The van der Waals surface area contributed by atoms with E-state index in [4.69, 9.17) is 10.5 Å². The first-order chi connectivity index (χ1) is 17.6. The highest BCUT2D eigenvalue weighted by molar-refractivity contribution is 5.96. The number of rotatable bonds is 9. The molecule has 8 nitrogen and oxygen atoms in total. The zero-order chi connectivity index (χ0) is 25.2. The maximum atomic E-state index is 13.4. The van der Waals surface area contributed by atoms with Gasteiger partial charge in [0.1, 0.15) is 12.6 Å². The molecule has 1 saturated heterocycles. The van der Waals surface area contributed by atoms with Gasteiger partial charge in [-0.15, -0.1) is 0 Å². The molecule has 1 aliphatic rings. The Kier molecular flexibility index (Phi) is 9.02. The zero-order valence-corrected chi connectivity index (χ0v) is 20.3. The molecule has 1 aliphatic heterocycles. The van der Waals surface area contributed by atoms with Crippen LogP contribution in [-0.4, -0.2) is 41.0 Å². The van der Waals surface area contributed by atoms with Crippen LogP contribution in [0.25, 0.3) is 0 Å². The highest BCUT2D eigenvalue weighted by atomic mass is 16.5. The smallest absolute Gasteiger partial charge is 0.408 e. The van der Waals surface area contributed by atoms with Gasteiger partial charge in [0, 0.05) is 31.2 Å². The van der Waals surface area contributed by atoms with E-state index in [1.165, 1.54) is 5.56 Å². The van der Waals surface area contributed by atoms with Crippen molar-refractivity contribution in [1.82, 2.24) is 15.2 Å². The van der Waals surface area contributed by atoms with Gasteiger partial charge in [0.25, 0.3) is 0 Å². The van der Waals surface area contributed by atoms with Gasteiger partial charge in [-0.05, 0) is 72.8 Å². The first-order valence-corrected chi connectivity index (χ1v) is 12.3. The van der Waals surface area contributed by atoms with Gasteiger partial charge in [0.2, 0.25) is 5.91 Å². The minimum Gasteiger partial charge on any atom is -0.445 e. The van der Waals surface area contributed by atoms with Gasteiger partial charge in [-0.3, -0.25) is 14.7 Å². The fraction of sp³-hybridized carbons (Fsp3) is 0.321. The molecule has 4 rings (SSSR count). The number of alkyl carbamates (subject to hydrolysis) is 1. The minimum atomic E-state index is -0.710. The van der Waals surface area contributed by atoms with Crippen LogP contribution in [0.5, 0.6) is 0 Å². The van der Waals surface area contributed by atoms with Crippen molar-refractivity contribution in [2.75, 3.05) is 18.4 Å². The van der Waals surface area contributed by atoms with Crippen LogP contribution in [0.1, 0.15) is 29.5 Å². The second kappa shape index (κ2) is 12.8. The molecule has 1 atom stereocenters. The third-order valence-electron chi connectivity index (χ3n) is 6.46. The number of hydrogen-bond donors (Lipinski definition) is 3. The number of hydrogen-bond acceptors (Lipinski definition) is 6. The third kappa shape index (κ3) is 7.37. The summed E-state index contributed by atoms with van der Waals surface area (Å²) in [5.41, 5.74) is 9.42. The van der Waals surface area contributed by atoms with E-state index in [2.05, 4.69) is 20.5 Å². The lowest BCUT2D eigenvalue weighted by molar-refractivity contribution is -0.119. The SMILES string of the molecule is NCc1cccc(NC(=O)[C@@H](NC(=O)OCc2ccccc2)C2CCN(Cc3ccncc3)CC2)c1. The normalized spacial score (nSPS) is 15.1. The van der Waals surface area contributed by atoms with Crippen molar-refractivity contribution < 1.29 is 14.3 Å². The second-order valence-corrected chi connectivity index (χ2v) is 9.05. The monoisotopic (exact) mass is 487 g/mol. The van der Waals surface area contributed by atoms with E-state index in [0.29, 0.717) is 12.2 Å². The van der Waals surface area contributed by atoms with E-state index < -0.39 is 12.1 Å². The first kappa shape index (κ1) is 25.3. The molecule has 0 radical (unpaired) electrons. The van der Waals surface area contributed by atoms with Gasteiger partial charge in [0.05, 0.1) is 0 Å². The molecule has 0 unspecified atom stereocenters. The van der Waals surface area contributed by atoms with Crippen LogP contribution in [0.15, 0.2) is 79.1 Å². The molecule has 0 aliphatic carbocycles. The average molecular weight is 488 g/mol. The number of aromatic nitrogens is 1. The van der Waals surface area contributed by atoms with E-state index in [-0.39, 0.29) is 18.4 Å². The quantitative estimate of drug-likeness (QED) is 0.425. The van der Waals surface area contributed by atoms with Crippen molar-refractivity contribution in [3.05, 3.63) is 95.8 Å². The summed E-state index contributed by atoms with van der Waals surface area (Å²) < 4.78 is 5.42. The molecule has 1 fully saturated rings. The Morgan fingerprint density at radius 2 is 1.69 bits per heavy atom. The lowest BCUT2D eigenvalue weighted by atomic mass is 9.88. The number of carbonyl (C=O) groups is 2. The highest BCUT2D eigenvalue weighted by Gasteiger charge is 2.33. The summed E-state index contributed by atoms with van der Waals surface area (Å²) in [6.45, 7) is 3.03. The number of anilines is 1. The van der Waals surface area contributed by atoms with E-state index in [1.807, 2.05) is 66.7 Å². The number of pyridine rings is 1.